The summed E-state index contributed by atoms with van der Waals surface area (Å²) in [6.45, 7) is 11.4. The van der Waals surface area contributed by atoms with E-state index in [1.807, 2.05) is 19.1 Å². The Balaban J connectivity index is 1.16. The molecule has 3 aromatic rings. The molecule has 10 nitrogen and oxygen atoms in total. The van der Waals surface area contributed by atoms with Crippen molar-refractivity contribution in [3.8, 4) is 16.9 Å². The minimum Gasteiger partial charge on any atom is -0.485 e. The van der Waals surface area contributed by atoms with E-state index in [-0.39, 0.29) is 30.5 Å². The molecule has 1 unspecified atom stereocenters. The first-order chi connectivity index (χ1) is 20.6. The normalized spacial score (nSPS) is 18.2. The number of rotatable bonds is 9. The first-order valence-electron chi connectivity index (χ1n) is 14.7. The SMILES string of the molecule is CC1Oc2cc(N3CCCC3=O)c(F)cc2-c2cnc(Nc3cncc(N4CCN(COCC[Si](C)(C)C)C4=O)c3)cc21. The summed E-state index contributed by atoms with van der Waals surface area (Å²) in [7, 11) is -1.19. The molecule has 226 valence electrons. The Morgan fingerprint density at radius 1 is 1.05 bits per heavy atom. The van der Waals surface area contributed by atoms with Gasteiger partial charge in [-0.1, -0.05) is 19.6 Å². The van der Waals surface area contributed by atoms with Gasteiger partial charge in [-0.15, -0.1) is 0 Å². The third-order valence-electron chi connectivity index (χ3n) is 8.03. The average molecular weight is 605 g/mol. The van der Waals surface area contributed by atoms with Gasteiger partial charge in [-0.2, -0.15) is 0 Å². The van der Waals surface area contributed by atoms with E-state index >= 15 is 4.39 Å². The lowest BCUT2D eigenvalue weighted by atomic mass is 9.94. The lowest BCUT2D eigenvalue weighted by Gasteiger charge is -2.28. The highest BCUT2D eigenvalue weighted by molar-refractivity contribution is 6.76. The predicted octanol–water partition coefficient (Wildman–Crippen LogP) is 6.16. The lowest BCUT2D eigenvalue weighted by Crippen LogP contribution is -2.34. The molecule has 0 spiro atoms. The fraction of sp³-hybridized carbons (Fsp3) is 0.419. The highest BCUT2D eigenvalue weighted by atomic mass is 28.3. The number of ether oxygens (including phenoxy) is 2. The van der Waals surface area contributed by atoms with Crippen molar-refractivity contribution in [2.45, 2.75) is 51.6 Å². The zero-order valence-electron chi connectivity index (χ0n) is 25.0. The van der Waals surface area contributed by atoms with Gasteiger partial charge in [0.05, 0.1) is 29.5 Å². The molecule has 1 N–H and O–H groups in total. The van der Waals surface area contributed by atoms with Gasteiger partial charge >= 0.3 is 6.03 Å². The number of fused-ring (bicyclic) bond motifs is 3. The molecule has 3 aliphatic heterocycles. The van der Waals surface area contributed by atoms with Crippen LogP contribution in [0, 0.1) is 5.82 Å². The van der Waals surface area contributed by atoms with Gasteiger partial charge in [0.1, 0.15) is 30.2 Å². The van der Waals surface area contributed by atoms with Crippen molar-refractivity contribution in [2.24, 2.45) is 0 Å². The Morgan fingerprint density at radius 2 is 1.88 bits per heavy atom. The Morgan fingerprint density at radius 3 is 2.65 bits per heavy atom. The third kappa shape index (κ3) is 6.07. The second kappa shape index (κ2) is 11.6. The molecule has 2 saturated heterocycles. The summed E-state index contributed by atoms with van der Waals surface area (Å²) in [6.07, 6.45) is 5.88. The van der Waals surface area contributed by atoms with Crippen LogP contribution in [0.4, 0.5) is 32.1 Å². The van der Waals surface area contributed by atoms with Crippen LogP contribution >= 0.6 is 0 Å². The van der Waals surface area contributed by atoms with Gasteiger partial charge in [-0.25, -0.2) is 14.2 Å². The van der Waals surface area contributed by atoms with Crippen LogP contribution < -0.4 is 19.9 Å². The van der Waals surface area contributed by atoms with Gasteiger partial charge in [-0.3, -0.25) is 19.6 Å². The summed E-state index contributed by atoms with van der Waals surface area (Å²) in [5.41, 5.74) is 3.86. The van der Waals surface area contributed by atoms with Gasteiger partial charge in [0.2, 0.25) is 5.91 Å². The monoisotopic (exact) mass is 604 g/mol. The number of halogens is 1. The van der Waals surface area contributed by atoms with Crippen molar-refractivity contribution in [2.75, 3.05) is 48.1 Å². The molecular formula is C31H37FN6O4Si. The van der Waals surface area contributed by atoms with Gasteiger partial charge < -0.3 is 19.7 Å². The maximum Gasteiger partial charge on any atom is 0.326 e. The van der Waals surface area contributed by atoms with Crippen LogP contribution in [0.1, 0.15) is 31.4 Å². The summed E-state index contributed by atoms with van der Waals surface area (Å²) in [5, 5.41) is 3.29. The van der Waals surface area contributed by atoms with Crippen LogP contribution in [0.5, 0.6) is 5.75 Å². The number of aromatic nitrogens is 2. The molecule has 1 atom stereocenters. The predicted molar refractivity (Wildman–Crippen MR) is 166 cm³/mol. The first kappa shape index (κ1) is 29.1. The number of benzene rings is 1. The quantitative estimate of drug-likeness (QED) is 0.231. The average Bonchev–Trinajstić information content (AvgIpc) is 3.56. The summed E-state index contributed by atoms with van der Waals surface area (Å²) in [6, 6.07) is 7.75. The first-order valence-corrected chi connectivity index (χ1v) is 18.5. The Bertz CT molecular complexity index is 1560. The number of hydrogen-bond donors (Lipinski definition) is 1. The molecule has 0 saturated carbocycles. The summed E-state index contributed by atoms with van der Waals surface area (Å²) in [4.78, 5) is 39.1. The van der Waals surface area contributed by atoms with Gasteiger partial charge in [0.15, 0.2) is 0 Å². The summed E-state index contributed by atoms with van der Waals surface area (Å²) < 4.78 is 27.2. The van der Waals surface area contributed by atoms with Crippen LogP contribution in [0.2, 0.25) is 25.7 Å². The van der Waals surface area contributed by atoms with Crippen molar-refractivity contribution < 1.29 is 23.5 Å². The van der Waals surface area contributed by atoms with Crippen molar-refractivity contribution >= 4 is 42.9 Å². The third-order valence-corrected chi connectivity index (χ3v) is 9.73. The second-order valence-corrected chi connectivity index (χ2v) is 18.1. The standard InChI is InChI=1S/C31H37FN6O4Si/c1-20-23-14-29(34-18-25(23)24-13-26(32)27(15-28(24)42-20)38-7-5-6-30(38)39)35-21-12-22(17-33-16-21)37-9-8-36(31(37)40)19-41-10-11-43(2,3)4/h12-18,20H,5-11,19H2,1-4H3,(H,34,35). The van der Waals surface area contributed by atoms with E-state index in [2.05, 4.69) is 34.9 Å². The number of carbonyl (C=O) groups excluding carboxylic acids is 2. The number of carbonyl (C=O) groups is 2. The van der Waals surface area contributed by atoms with Crippen LogP contribution in [0.25, 0.3) is 11.1 Å². The number of pyridine rings is 2. The van der Waals surface area contributed by atoms with Crippen LogP contribution in [0.15, 0.2) is 42.9 Å². The fourth-order valence-corrected chi connectivity index (χ4v) is 6.36. The van der Waals surface area contributed by atoms with Crippen LogP contribution in [-0.2, 0) is 9.53 Å². The zero-order valence-corrected chi connectivity index (χ0v) is 26.0. The smallest absolute Gasteiger partial charge is 0.326 e. The molecule has 0 radical (unpaired) electrons. The number of nitrogens with zero attached hydrogens (tertiary/aromatic N) is 5. The fourth-order valence-electron chi connectivity index (χ4n) is 5.60. The number of urea groups is 1. The topological polar surface area (TPSA) is 100 Å². The van der Waals surface area contributed by atoms with Crippen molar-refractivity contribution in [3.05, 3.63) is 54.2 Å². The highest BCUT2D eigenvalue weighted by Crippen LogP contribution is 2.45. The minimum atomic E-state index is -1.19. The van der Waals surface area contributed by atoms with E-state index in [0.717, 1.165) is 17.2 Å². The minimum absolute atomic E-state index is 0.0765. The van der Waals surface area contributed by atoms with E-state index in [0.29, 0.717) is 67.6 Å². The van der Waals surface area contributed by atoms with Crippen LogP contribution in [-0.4, -0.2) is 67.9 Å². The molecule has 3 amide bonds. The molecule has 0 bridgehead atoms. The maximum atomic E-state index is 15.2. The molecule has 12 heteroatoms. The van der Waals surface area contributed by atoms with Crippen molar-refractivity contribution in [3.63, 3.8) is 0 Å². The number of anilines is 4. The van der Waals surface area contributed by atoms with E-state index in [1.165, 1.54) is 11.0 Å². The highest BCUT2D eigenvalue weighted by Gasteiger charge is 2.31. The molecule has 2 fully saturated rings. The Hall–Kier alpha value is -4.03. The number of amides is 3. The Labute approximate surface area is 251 Å². The van der Waals surface area contributed by atoms with E-state index < -0.39 is 13.9 Å². The maximum absolute atomic E-state index is 15.2. The summed E-state index contributed by atoms with van der Waals surface area (Å²) >= 11 is 0. The van der Waals surface area contributed by atoms with E-state index in [9.17, 15) is 9.59 Å². The number of hydrogen-bond acceptors (Lipinski definition) is 7. The molecule has 5 heterocycles. The largest absolute Gasteiger partial charge is 0.485 e. The van der Waals surface area contributed by atoms with E-state index in [1.54, 1.807) is 34.5 Å². The summed E-state index contributed by atoms with van der Waals surface area (Å²) in [5.74, 6) is 0.562. The lowest BCUT2D eigenvalue weighted by molar-refractivity contribution is -0.117. The number of nitrogens with one attached hydrogen (secondary N) is 1. The van der Waals surface area contributed by atoms with Crippen LogP contribution in [0.3, 0.4) is 0 Å². The second-order valence-electron chi connectivity index (χ2n) is 12.5. The molecule has 0 aliphatic carbocycles. The molecular weight excluding hydrogens is 567 g/mol. The molecule has 3 aliphatic rings. The molecule has 2 aromatic heterocycles. The van der Waals surface area contributed by atoms with E-state index in [4.69, 9.17) is 9.47 Å². The van der Waals surface area contributed by atoms with Crippen molar-refractivity contribution in [1.29, 1.82) is 0 Å². The Kier molecular flexibility index (Phi) is 7.82. The van der Waals surface area contributed by atoms with Crippen molar-refractivity contribution in [1.82, 2.24) is 14.9 Å². The zero-order chi connectivity index (χ0) is 30.3. The molecule has 6 rings (SSSR count). The van der Waals surface area contributed by atoms with Gasteiger partial charge in [0, 0.05) is 69.7 Å². The van der Waals surface area contributed by atoms with Gasteiger partial charge in [-0.05, 0) is 37.6 Å². The molecule has 1 aromatic carbocycles. The molecule has 43 heavy (non-hydrogen) atoms. The van der Waals surface area contributed by atoms with Gasteiger partial charge in [0.25, 0.3) is 0 Å².